The molecule has 19 heavy (non-hydrogen) atoms. The fraction of sp³-hybridized carbons (Fsp3) is 0.200. The Balaban J connectivity index is 0.00000324. The van der Waals surface area contributed by atoms with Gasteiger partial charge in [-0.2, -0.15) is 23.7 Å². The van der Waals surface area contributed by atoms with E-state index in [1.165, 1.54) is 12.1 Å². The summed E-state index contributed by atoms with van der Waals surface area (Å²) < 4.78 is 61.3. The summed E-state index contributed by atoms with van der Waals surface area (Å²) in [5, 5.41) is 17.6. The number of allylic oxidation sites excluding steroid dienone is 3. The molecular weight excluding hydrogens is 308 g/mol. The van der Waals surface area contributed by atoms with Crippen molar-refractivity contribution in [2.75, 3.05) is 0 Å². The van der Waals surface area contributed by atoms with E-state index in [2.05, 4.69) is 6.58 Å². The fourth-order valence-electron chi connectivity index (χ4n) is 1.50. The van der Waals surface area contributed by atoms with Gasteiger partial charge in [-0.15, -0.1) is 0 Å². The van der Waals surface area contributed by atoms with Crippen molar-refractivity contribution in [2.24, 2.45) is 5.92 Å². The van der Waals surface area contributed by atoms with Crippen LogP contribution in [0.1, 0.15) is 0 Å². The van der Waals surface area contributed by atoms with Gasteiger partial charge in [0, 0.05) is 5.41 Å². The van der Waals surface area contributed by atoms with Crippen molar-refractivity contribution in [3.8, 4) is 12.1 Å². The molecule has 0 heterocycles. The van der Waals surface area contributed by atoms with Gasteiger partial charge in [-0.1, -0.05) is 6.58 Å². The third-order valence-electron chi connectivity index (χ3n) is 2.20. The fourth-order valence-corrected chi connectivity index (χ4v) is 2.63. The molecule has 0 fully saturated rings. The molecule has 0 aliphatic heterocycles. The van der Waals surface area contributed by atoms with Gasteiger partial charge >= 0.3 is 57.6 Å². The molecule has 9 heteroatoms. The predicted molar refractivity (Wildman–Crippen MR) is 55.0 cm³/mol. The third-order valence-corrected chi connectivity index (χ3v) is 3.65. The van der Waals surface area contributed by atoms with Crippen LogP contribution in [0.3, 0.4) is 0 Å². The second kappa shape index (κ2) is 6.35. The monoisotopic (exact) mass is 313 g/mol. The Hall–Kier alpha value is -0.424. The first-order chi connectivity index (χ1) is 8.19. The largest absolute Gasteiger partial charge is 1.00 e. The number of hydrogen-bond donors (Lipinski definition) is 0. The molecule has 0 saturated carbocycles. The van der Waals surface area contributed by atoms with Gasteiger partial charge in [-0.05, 0) is 6.08 Å². The number of alkyl halides is 3. The summed E-state index contributed by atoms with van der Waals surface area (Å²) in [5.74, 6) is -1.80. The van der Waals surface area contributed by atoms with Crippen molar-refractivity contribution >= 4 is 9.84 Å². The molecule has 0 spiro atoms. The SMILES string of the molecule is C=CS(=O)(=O)C1=C(C(F)(F)F)C(C#N)C=C1C#N.[K+]. The summed E-state index contributed by atoms with van der Waals surface area (Å²) >= 11 is 0. The first kappa shape index (κ1) is 18.6. The molecule has 1 aliphatic carbocycles. The summed E-state index contributed by atoms with van der Waals surface area (Å²) in [6, 6.07) is 2.65. The van der Waals surface area contributed by atoms with Crippen molar-refractivity contribution in [1.29, 1.82) is 10.5 Å². The van der Waals surface area contributed by atoms with E-state index in [-0.39, 0.29) is 51.4 Å². The maximum absolute atomic E-state index is 12.8. The molecule has 1 atom stereocenters. The Kier molecular flexibility index (Phi) is 6.21. The summed E-state index contributed by atoms with van der Waals surface area (Å²) in [4.78, 5) is -1.18. The van der Waals surface area contributed by atoms with E-state index in [4.69, 9.17) is 10.5 Å². The number of halogens is 3. The van der Waals surface area contributed by atoms with Crippen LogP contribution in [0.25, 0.3) is 0 Å². The molecule has 1 aliphatic rings. The number of nitrogens with zero attached hydrogens (tertiary/aromatic N) is 2. The summed E-state index contributed by atoms with van der Waals surface area (Å²) in [6.45, 7) is 2.90. The Bertz CT molecular complexity index is 648. The quantitative estimate of drug-likeness (QED) is 0.610. The molecule has 0 saturated heterocycles. The number of sulfone groups is 1. The van der Waals surface area contributed by atoms with Gasteiger partial charge in [0.15, 0.2) is 0 Å². The van der Waals surface area contributed by atoms with Crippen LogP contribution < -0.4 is 51.4 Å². The third kappa shape index (κ3) is 3.57. The standard InChI is InChI=1S/C10H5F3N2O2S.K/c1-2-18(16,17)9-7(5-15)3-6(4-14)8(9)10(11,12)13;/h2-3,6H,1H2;/q;+1. The number of rotatable bonds is 2. The van der Waals surface area contributed by atoms with Crippen LogP contribution in [-0.2, 0) is 9.84 Å². The van der Waals surface area contributed by atoms with Crippen molar-refractivity contribution in [2.45, 2.75) is 6.18 Å². The van der Waals surface area contributed by atoms with Gasteiger partial charge in [0.05, 0.1) is 28.0 Å². The molecule has 94 valence electrons. The summed E-state index contributed by atoms with van der Waals surface area (Å²) in [7, 11) is -4.45. The van der Waals surface area contributed by atoms with Crippen LogP contribution in [0.2, 0.25) is 0 Å². The van der Waals surface area contributed by atoms with Crippen LogP contribution >= 0.6 is 0 Å². The van der Waals surface area contributed by atoms with Gasteiger partial charge in [-0.25, -0.2) is 8.42 Å². The zero-order chi connectivity index (χ0) is 14.1. The molecule has 0 aromatic heterocycles. The minimum absolute atomic E-state index is 0. The van der Waals surface area contributed by atoms with E-state index in [1.54, 1.807) is 0 Å². The Morgan fingerprint density at radius 1 is 1.37 bits per heavy atom. The zero-order valence-electron chi connectivity index (χ0n) is 9.69. The second-order valence-electron chi connectivity index (χ2n) is 3.25. The van der Waals surface area contributed by atoms with Gasteiger partial charge in [0.2, 0.25) is 9.84 Å². The van der Waals surface area contributed by atoms with E-state index in [1.807, 2.05) is 0 Å². The van der Waals surface area contributed by atoms with Crippen molar-refractivity contribution in [3.05, 3.63) is 34.1 Å². The Labute approximate surface area is 150 Å². The van der Waals surface area contributed by atoms with E-state index in [0.717, 1.165) is 0 Å². The molecule has 0 bridgehead atoms. The first-order valence-corrected chi connectivity index (χ1v) is 5.94. The second-order valence-corrected chi connectivity index (χ2v) is 5.08. The van der Waals surface area contributed by atoms with E-state index in [9.17, 15) is 21.6 Å². The first-order valence-electron chi connectivity index (χ1n) is 4.39. The van der Waals surface area contributed by atoms with Crippen molar-refractivity contribution in [1.82, 2.24) is 0 Å². The van der Waals surface area contributed by atoms with Gasteiger partial charge in [0.1, 0.15) is 6.07 Å². The molecule has 0 amide bonds. The smallest absolute Gasteiger partial charge is 0.219 e. The molecule has 0 aromatic carbocycles. The zero-order valence-corrected chi connectivity index (χ0v) is 13.6. The number of nitriles is 2. The molecule has 0 aromatic rings. The van der Waals surface area contributed by atoms with Gasteiger partial charge in [-0.3, -0.25) is 0 Å². The van der Waals surface area contributed by atoms with E-state index < -0.39 is 38.0 Å². The molecule has 0 N–H and O–H groups in total. The average Bonchev–Trinajstić information content (AvgIpc) is 2.67. The molecule has 1 rings (SSSR count). The van der Waals surface area contributed by atoms with Crippen LogP contribution in [-0.4, -0.2) is 14.6 Å². The van der Waals surface area contributed by atoms with Crippen molar-refractivity contribution < 1.29 is 73.0 Å². The molecule has 0 radical (unpaired) electrons. The Morgan fingerprint density at radius 3 is 2.21 bits per heavy atom. The maximum Gasteiger partial charge on any atom is 1.00 e. The Morgan fingerprint density at radius 2 is 1.89 bits per heavy atom. The summed E-state index contributed by atoms with van der Waals surface area (Å²) in [5.41, 5.74) is -2.23. The number of hydrogen-bond acceptors (Lipinski definition) is 4. The maximum atomic E-state index is 12.8. The molecule has 1 unspecified atom stereocenters. The van der Waals surface area contributed by atoms with Crippen LogP contribution in [0.4, 0.5) is 13.2 Å². The normalized spacial score (nSPS) is 19.0. The minimum Gasteiger partial charge on any atom is -0.219 e. The molecular formula is C10H5F3KN2O2S+. The van der Waals surface area contributed by atoms with E-state index >= 15 is 0 Å². The van der Waals surface area contributed by atoms with Crippen LogP contribution in [0.15, 0.2) is 34.1 Å². The van der Waals surface area contributed by atoms with E-state index in [0.29, 0.717) is 11.5 Å². The summed E-state index contributed by atoms with van der Waals surface area (Å²) in [6.07, 6.45) is -4.33. The topological polar surface area (TPSA) is 81.7 Å². The predicted octanol–water partition coefficient (Wildman–Crippen LogP) is -1.03. The van der Waals surface area contributed by atoms with Crippen LogP contribution in [0, 0.1) is 28.6 Å². The minimum atomic E-state index is -5.01. The van der Waals surface area contributed by atoms with Gasteiger partial charge < -0.3 is 0 Å². The molecule has 4 nitrogen and oxygen atoms in total. The van der Waals surface area contributed by atoms with Gasteiger partial charge in [0.25, 0.3) is 0 Å². The average molecular weight is 313 g/mol. The van der Waals surface area contributed by atoms with Crippen LogP contribution in [0.5, 0.6) is 0 Å². The van der Waals surface area contributed by atoms with Crippen molar-refractivity contribution in [3.63, 3.8) is 0 Å².